The Morgan fingerprint density at radius 1 is 0.952 bits per heavy atom. The molecule has 1 aromatic rings. The molecule has 0 aliphatic carbocycles. The summed E-state index contributed by atoms with van der Waals surface area (Å²) in [6.45, 7) is 3.48. The minimum absolute atomic E-state index is 0.199. The molecule has 0 saturated carbocycles. The molecule has 0 saturated heterocycles. The first-order valence-corrected chi connectivity index (χ1v) is 7.14. The maximum atomic E-state index is 9.51. The fourth-order valence-electron chi connectivity index (χ4n) is 1.71. The van der Waals surface area contributed by atoms with E-state index in [1.165, 1.54) is 0 Å². The smallest absolute Gasteiger partial charge is 0.119 e. The van der Waals surface area contributed by atoms with Crippen molar-refractivity contribution in [3.8, 4) is 5.75 Å². The van der Waals surface area contributed by atoms with E-state index in [0.29, 0.717) is 13.2 Å². The lowest BCUT2D eigenvalue weighted by Crippen LogP contribution is -2.30. The van der Waals surface area contributed by atoms with Crippen molar-refractivity contribution in [2.24, 2.45) is 0 Å². The Kier molecular flexibility index (Phi) is 10.9. The molecule has 0 heterocycles. The first-order valence-electron chi connectivity index (χ1n) is 7.14. The Hall–Kier alpha value is -1.14. The third-order valence-electron chi connectivity index (χ3n) is 2.39. The zero-order chi connectivity index (χ0) is 16.3. The van der Waals surface area contributed by atoms with E-state index in [1.807, 2.05) is 68.3 Å². The maximum Gasteiger partial charge on any atom is 0.119 e. The zero-order valence-corrected chi connectivity index (χ0v) is 13.9. The Morgan fingerprint density at radius 3 is 1.86 bits per heavy atom. The second kappa shape index (κ2) is 11.5. The van der Waals surface area contributed by atoms with Gasteiger partial charge in [0.15, 0.2) is 0 Å². The van der Waals surface area contributed by atoms with Crippen LogP contribution in [0.2, 0.25) is 0 Å². The molecule has 0 aliphatic rings. The molecule has 1 aromatic carbocycles. The summed E-state index contributed by atoms with van der Waals surface area (Å²) in [7, 11) is 7.72. The molecular weight excluding hydrogens is 268 g/mol. The lowest BCUT2D eigenvalue weighted by Gasteiger charge is -2.16. The molecule has 0 fully saturated rings. The van der Waals surface area contributed by atoms with Gasteiger partial charge in [-0.1, -0.05) is 18.2 Å². The first-order chi connectivity index (χ1) is 9.81. The third kappa shape index (κ3) is 13.6. The Balaban J connectivity index is 0.000000486. The van der Waals surface area contributed by atoms with Crippen LogP contribution in [-0.4, -0.2) is 80.1 Å². The molecule has 1 rings (SSSR count). The molecule has 0 aromatic heterocycles. The van der Waals surface area contributed by atoms with Crippen molar-refractivity contribution in [3.05, 3.63) is 30.3 Å². The summed E-state index contributed by atoms with van der Waals surface area (Å²) >= 11 is 0. The molecule has 2 N–H and O–H groups in total. The van der Waals surface area contributed by atoms with Gasteiger partial charge in [-0.15, -0.1) is 0 Å². The third-order valence-corrected chi connectivity index (χ3v) is 2.39. The summed E-state index contributed by atoms with van der Waals surface area (Å²) in [5.41, 5.74) is 0. The minimum atomic E-state index is -0.440. The highest BCUT2D eigenvalue weighted by Gasteiger charge is 2.05. The number of hydrogen-bond donors (Lipinski definition) is 2. The normalized spacial score (nSPS) is 13.6. The van der Waals surface area contributed by atoms with E-state index >= 15 is 0 Å². The fraction of sp³-hybridized carbons (Fsp3) is 0.625. The predicted octanol–water partition coefficient (Wildman–Crippen LogP) is 0.917. The van der Waals surface area contributed by atoms with Gasteiger partial charge < -0.3 is 24.7 Å². The van der Waals surface area contributed by atoms with Crippen LogP contribution in [0.5, 0.6) is 5.75 Å². The van der Waals surface area contributed by atoms with Crippen LogP contribution in [-0.2, 0) is 0 Å². The van der Waals surface area contributed by atoms with Crippen LogP contribution < -0.4 is 4.74 Å². The number of hydrogen-bond acceptors (Lipinski definition) is 5. The minimum Gasteiger partial charge on any atom is -0.491 e. The Bertz CT molecular complexity index is 337. The maximum absolute atomic E-state index is 9.51. The number of para-hydroxylation sites is 1. The van der Waals surface area contributed by atoms with Crippen LogP contribution >= 0.6 is 0 Å². The highest BCUT2D eigenvalue weighted by atomic mass is 16.5. The van der Waals surface area contributed by atoms with E-state index in [1.54, 1.807) is 6.92 Å². The van der Waals surface area contributed by atoms with Crippen LogP contribution in [0.15, 0.2) is 30.3 Å². The number of rotatable bonds is 7. The van der Waals surface area contributed by atoms with Gasteiger partial charge >= 0.3 is 0 Å². The SMILES string of the molecule is CC(O)CN(C)C.CN(C)CC(O)COc1ccccc1. The van der Waals surface area contributed by atoms with Crippen LogP contribution in [0, 0.1) is 0 Å². The van der Waals surface area contributed by atoms with E-state index in [0.717, 1.165) is 12.3 Å². The first kappa shape index (κ1) is 19.9. The monoisotopic (exact) mass is 298 g/mol. The summed E-state index contributed by atoms with van der Waals surface area (Å²) in [6.07, 6.45) is -0.639. The molecule has 5 heteroatoms. The summed E-state index contributed by atoms with van der Waals surface area (Å²) < 4.78 is 5.39. The van der Waals surface area contributed by atoms with Crippen molar-refractivity contribution < 1.29 is 14.9 Å². The summed E-state index contributed by atoms with van der Waals surface area (Å²) in [5.74, 6) is 0.797. The van der Waals surface area contributed by atoms with Crippen molar-refractivity contribution in [3.63, 3.8) is 0 Å². The molecule has 122 valence electrons. The fourth-order valence-corrected chi connectivity index (χ4v) is 1.71. The summed E-state index contributed by atoms with van der Waals surface area (Å²) in [5, 5.41) is 18.2. The van der Waals surface area contributed by atoms with E-state index in [9.17, 15) is 5.11 Å². The average Bonchev–Trinajstić information content (AvgIpc) is 2.36. The quantitative estimate of drug-likeness (QED) is 0.784. The lowest BCUT2D eigenvalue weighted by atomic mass is 10.3. The largest absolute Gasteiger partial charge is 0.491 e. The molecule has 0 spiro atoms. The Labute approximate surface area is 128 Å². The van der Waals surface area contributed by atoms with Gasteiger partial charge in [-0.05, 0) is 47.2 Å². The van der Waals surface area contributed by atoms with E-state index < -0.39 is 6.10 Å². The zero-order valence-electron chi connectivity index (χ0n) is 13.9. The van der Waals surface area contributed by atoms with E-state index in [4.69, 9.17) is 9.84 Å². The molecule has 0 bridgehead atoms. The van der Waals surface area contributed by atoms with Crippen molar-refractivity contribution >= 4 is 0 Å². The molecule has 2 atom stereocenters. The van der Waals surface area contributed by atoms with Crippen LogP contribution in [0.3, 0.4) is 0 Å². The van der Waals surface area contributed by atoms with Gasteiger partial charge in [-0.3, -0.25) is 0 Å². The van der Waals surface area contributed by atoms with Gasteiger partial charge in [-0.25, -0.2) is 0 Å². The number of likely N-dealkylation sites (N-methyl/N-ethyl adjacent to an activating group) is 2. The highest BCUT2D eigenvalue weighted by molar-refractivity contribution is 5.20. The van der Waals surface area contributed by atoms with Gasteiger partial charge in [0.2, 0.25) is 0 Å². The molecule has 0 radical (unpaired) electrons. The average molecular weight is 298 g/mol. The van der Waals surface area contributed by atoms with Crippen molar-refractivity contribution in [2.75, 3.05) is 47.9 Å². The molecule has 0 aliphatic heterocycles. The van der Waals surface area contributed by atoms with E-state index in [-0.39, 0.29) is 6.10 Å². The molecular formula is C16H30N2O3. The standard InChI is InChI=1S/C11H17NO2.C5H13NO/c1-12(2)8-10(13)9-14-11-6-4-3-5-7-11;1-5(7)4-6(2)3/h3-7,10,13H,8-9H2,1-2H3;5,7H,4H2,1-3H3. The second-order valence-corrected chi connectivity index (χ2v) is 5.65. The van der Waals surface area contributed by atoms with Crippen LogP contribution in [0.1, 0.15) is 6.92 Å². The number of nitrogens with zero attached hydrogens (tertiary/aromatic N) is 2. The van der Waals surface area contributed by atoms with Gasteiger partial charge in [0.25, 0.3) is 0 Å². The van der Waals surface area contributed by atoms with Crippen LogP contribution in [0.25, 0.3) is 0 Å². The molecule has 21 heavy (non-hydrogen) atoms. The topological polar surface area (TPSA) is 56.2 Å². The van der Waals surface area contributed by atoms with Gasteiger partial charge in [-0.2, -0.15) is 0 Å². The Morgan fingerprint density at radius 2 is 1.48 bits per heavy atom. The molecule has 2 unspecified atom stereocenters. The number of benzene rings is 1. The van der Waals surface area contributed by atoms with E-state index in [2.05, 4.69) is 0 Å². The van der Waals surface area contributed by atoms with Crippen molar-refractivity contribution in [1.82, 2.24) is 9.80 Å². The predicted molar refractivity (Wildman–Crippen MR) is 86.7 cm³/mol. The number of aliphatic hydroxyl groups excluding tert-OH is 2. The second-order valence-electron chi connectivity index (χ2n) is 5.65. The lowest BCUT2D eigenvalue weighted by molar-refractivity contribution is 0.0831. The summed E-state index contributed by atoms with van der Waals surface area (Å²) in [6, 6.07) is 9.51. The molecule has 5 nitrogen and oxygen atoms in total. The van der Waals surface area contributed by atoms with Crippen molar-refractivity contribution in [2.45, 2.75) is 19.1 Å². The van der Waals surface area contributed by atoms with Gasteiger partial charge in [0.05, 0.1) is 6.10 Å². The highest BCUT2D eigenvalue weighted by Crippen LogP contribution is 2.08. The summed E-state index contributed by atoms with van der Waals surface area (Å²) in [4.78, 5) is 3.88. The molecule has 0 amide bonds. The number of ether oxygens (including phenoxy) is 1. The van der Waals surface area contributed by atoms with Crippen LogP contribution in [0.4, 0.5) is 0 Å². The van der Waals surface area contributed by atoms with Gasteiger partial charge in [0, 0.05) is 13.1 Å². The number of aliphatic hydroxyl groups is 2. The van der Waals surface area contributed by atoms with Crippen molar-refractivity contribution in [1.29, 1.82) is 0 Å². The van der Waals surface area contributed by atoms with Gasteiger partial charge in [0.1, 0.15) is 18.5 Å².